The molecule has 0 aromatic carbocycles. The van der Waals surface area contributed by atoms with Crippen LogP contribution in [0.3, 0.4) is 0 Å². The van der Waals surface area contributed by atoms with E-state index in [1.807, 2.05) is 0 Å². The van der Waals surface area contributed by atoms with Gasteiger partial charge in [-0.3, -0.25) is 0 Å². The minimum atomic E-state index is -1.57. The summed E-state index contributed by atoms with van der Waals surface area (Å²) in [4.78, 5) is 20.0. The summed E-state index contributed by atoms with van der Waals surface area (Å²) in [5.41, 5.74) is 0. The van der Waals surface area contributed by atoms with Gasteiger partial charge in [0.05, 0.1) is 11.9 Å². The second kappa shape index (κ2) is 12.1. The van der Waals surface area contributed by atoms with Crippen LogP contribution in [0, 0.1) is 5.92 Å². The second-order valence-electron chi connectivity index (χ2n) is 1.98. The minimum absolute atomic E-state index is 0. The SMILES string of the molecule is CCCC(C(=O)[O-])C(=O)[O-].[Cs+].[Cs+]. The number of rotatable bonds is 4. The maximum atomic E-state index is 10.00. The molecule has 0 saturated heterocycles. The maximum Gasteiger partial charge on any atom is 1.00 e. The smallest absolute Gasteiger partial charge is 0.549 e. The first-order chi connectivity index (χ1) is 4.59. The normalized spacial score (nSPS) is 8.17. The first kappa shape index (κ1) is 20.5. The van der Waals surface area contributed by atoms with Crippen molar-refractivity contribution >= 4 is 11.9 Å². The van der Waals surface area contributed by atoms with Gasteiger partial charge in [-0.1, -0.05) is 13.3 Å². The fourth-order valence-corrected chi connectivity index (χ4v) is 0.621. The molecule has 0 spiro atoms. The van der Waals surface area contributed by atoms with Crippen LogP contribution in [-0.4, -0.2) is 11.9 Å². The van der Waals surface area contributed by atoms with Gasteiger partial charge in [0.1, 0.15) is 0 Å². The van der Waals surface area contributed by atoms with Crippen LogP contribution in [-0.2, 0) is 9.59 Å². The quantitative estimate of drug-likeness (QED) is 0.432. The molecule has 0 aromatic rings. The molecule has 0 fully saturated rings. The molecule has 0 N–H and O–H groups in total. The molecule has 0 radical (unpaired) electrons. The number of carbonyl (C=O) groups is 2. The van der Waals surface area contributed by atoms with Gasteiger partial charge < -0.3 is 19.8 Å². The molecule has 0 aliphatic carbocycles. The van der Waals surface area contributed by atoms with Gasteiger partial charge in [0.2, 0.25) is 0 Å². The Morgan fingerprint density at radius 3 is 1.58 bits per heavy atom. The molecule has 4 nitrogen and oxygen atoms in total. The second-order valence-corrected chi connectivity index (χ2v) is 1.98. The van der Waals surface area contributed by atoms with Crippen LogP contribution in [0.25, 0.3) is 0 Å². The molecular weight excluding hydrogens is 402 g/mol. The summed E-state index contributed by atoms with van der Waals surface area (Å²) in [5, 5.41) is 20.0. The minimum Gasteiger partial charge on any atom is -0.549 e. The summed E-state index contributed by atoms with van der Waals surface area (Å²) in [6.07, 6.45) is 0.567. The molecule has 0 amide bonds. The molecule has 0 aliphatic heterocycles. The Bertz CT molecular complexity index is 134. The van der Waals surface area contributed by atoms with Crippen LogP contribution in [0.1, 0.15) is 19.8 Å². The number of carbonyl (C=O) groups excluding carboxylic acids is 2. The zero-order valence-corrected chi connectivity index (χ0v) is 20.2. The standard InChI is InChI=1S/C6H10O4.2Cs/c1-2-3-4(5(7)8)6(9)10;;/h4H,2-3H2,1H3,(H,7,8)(H,9,10);;/q;2*+1/p-2. The molecule has 0 bridgehead atoms. The van der Waals surface area contributed by atoms with E-state index in [4.69, 9.17) is 0 Å². The van der Waals surface area contributed by atoms with E-state index in [9.17, 15) is 19.8 Å². The average molecular weight is 410 g/mol. The monoisotopic (exact) mass is 410 g/mol. The molecular formula is C6H8Cs2O4. The first-order valence-electron chi connectivity index (χ1n) is 3.01. The third kappa shape index (κ3) is 9.59. The van der Waals surface area contributed by atoms with Crippen molar-refractivity contribution in [3.63, 3.8) is 0 Å². The van der Waals surface area contributed by atoms with Crippen LogP contribution in [0.5, 0.6) is 0 Å². The number of hydrogen-bond donors (Lipinski definition) is 0. The predicted octanol–water partition coefficient (Wildman–Crippen LogP) is -8.09. The fourth-order valence-electron chi connectivity index (χ4n) is 0.621. The van der Waals surface area contributed by atoms with E-state index in [1.165, 1.54) is 0 Å². The summed E-state index contributed by atoms with van der Waals surface area (Å²) < 4.78 is 0. The van der Waals surface area contributed by atoms with Crippen molar-refractivity contribution in [2.24, 2.45) is 5.92 Å². The van der Waals surface area contributed by atoms with Gasteiger partial charge in [0, 0.05) is 5.92 Å². The number of hydrogen-bond acceptors (Lipinski definition) is 4. The topological polar surface area (TPSA) is 80.3 Å². The Labute approximate surface area is 189 Å². The van der Waals surface area contributed by atoms with E-state index in [0.29, 0.717) is 6.42 Å². The molecule has 58 valence electrons. The number of carboxylic acids is 2. The van der Waals surface area contributed by atoms with Crippen molar-refractivity contribution in [2.75, 3.05) is 0 Å². The number of aliphatic carboxylic acids is 2. The summed E-state index contributed by atoms with van der Waals surface area (Å²) in [6.45, 7) is 1.69. The molecule has 0 unspecified atom stereocenters. The van der Waals surface area contributed by atoms with Gasteiger partial charge in [0.25, 0.3) is 0 Å². The summed E-state index contributed by atoms with van der Waals surface area (Å²) in [7, 11) is 0. The zero-order valence-electron chi connectivity index (χ0n) is 7.62. The zero-order chi connectivity index (χ0) is 8.15. The van der Waals surface area contributed by atoms with Crippen molar-refractivity contribution in [1.82, 2.24) is 0 Å². The molecule has 0 saturated carbocycles. The summed E-state index contributed by atoms with van der Waals surface area (Å²) >= 11 is 0. The Kier molecular flexibility index (Phi) is 20.7. The van der Waals surface area contributed by atoms with Crippen LogP contribution in [0.4, 0.5) is 0 Å². The molecule has 0 heterocycles. The fraction of sp³-hybridized carbons (Fsp3) is 0.667. The number of carboxylic acid groups (broad SMARTS) is 2. The van der Waals surface area contributed by atoms with Crippen LogP contribution in [0.15, 0.2) is 0 Å². The van der Waals surface area contributed by atoms with Crippen molar-refractivity contribution in [3.8, 4) is 0 Å². The van der Waals surface area contributed by atoms with Crippen molar-refractivity contribution in [2.45, 2.75) is 19.8 Å². The van der Waals surface area contributed by atoms with Crippen molar-refractivity contribution < 1.29 is 158 Å². The Hall–Kier alpha value is 3.04. The molecule has 0 aromatic heterocycles. The molecule has 6 heteroatoms. The third-order valence-corrected chi connectivity index (χ3v) is 1.15. The molecule has 12 heavy (non-hydrogen) atoms. The molecule has 0 aliphatic rings. The molecule has 0 rings (SSSR count). The summed E-state index contributed by atoms with van der Waals surface area (Å²) in [6, 6.07) is 0. The molecule has 0 atom stereocenters. The van der Waals surface area contributed by atoms with Crippen LogP contribution >= 0.6 is 0 Å². The van der Waals surface area contributed by atoms with Gasteiger partial charge in [0.15, 0.2) is 0 Å². The van der Waals surface area contributed by atoms with Gasteiger partial charge in [-0.15, -0.1) is 0 Å². The van der Waals surface area contributed by atoms with E-state index < -0.39 is 17.9 Å². The predicted molar refractivity (Wildman–Crippen MR) is 28.4 cm³/mol. The third-order valence-electron chi connectivity index (χ3n) is 1.15. The van der Waals surface area contributed by atoms with E-state index >= 15 is 0 Å². The maximum absolute atomic E-state index is 10.00. The van der Waals surface area contributed by atoms with E-state index in [1.54, 1.807) is 6.92 Å². The van der Waals surface area contributed by atoms with Crippen LogP contribution in [0.2, 0.25) is 0 Å². The Morgan fingerprint density at radius 1 is 1.17 bits per heavy atom. The van der Waals surface area contributed by atoms with Gasteiger partial charge >= 0.3 is 138 Å². The van der Waals surface area contributed by atoms with Gasteiger partial charge in [-0.25, -0.2) is 0 Å². The van der Waals surface area contributed by atoms with Crippen molar-refractivity contribution in [1.29, 1.82) is 0 Å². The Balaban J connectivity index is -0.000000405. The van der Waals surface area contributed by atoms with Gasteiger partial charge in [-0.2, -0.15) is 0 Å². The van der Waals surface area contributed by atoms with Crippen molar-refractivity contribution in [3.05, 3.63) is 0 Å². The van der Waals surface area contributed by atoms with Crippen LogP contribution < -0.4 is 148 Å². The van der Waals surface area contributed by atoms with E-state index in [2.05, 4.69) is 0 Å². The van der Waals surface area contributed by atoms with Gasteiger partial charge in [-0.05, 0) is 6.42 Å². The van der Waals surface area contributed by atoms with E-state index in [-0.39, 0.29) is 144 Å². The Morgan fingerprint density at radius 2 is 1.50 bits per heavy atom. The first-order valence-corrected chi connectivity index (χ1v) is 3.01. The summed E-state index contributed by atoms with van der Waals surface area (Å²) in [5.74, 6) is -4.59. The largest absolute Gasteiger partial charge is 1.00 e. The van der Waals surface area contributed by atoms with E-state index in [0.717, 1.165) is 0 Å². The average Bonchev–Trinajstić information content (AvgIpc) is 1.81.